The summed E-state index contributed by atoms with van der Waals surface area (Å²) in [7, 11) is 0. The Morgan fingerprint density at radius 3 is 2.83 bits per heavy atom. The van der Waals surface area contributed by atoms with Crippen LogP contribution in [0.15, 0.2) is 30.5 Å². The Labute approximate surface area is 106 Å². The second-order valence-electron chi connectivity index (χ2n) is 4.19. The van der Waals surface area contributed by atoms with Crippen LogP contribution in [-0.4, -0.2) is 9.97 Å². The summed E-state index contributed by atoms with van der Waals surface area (Å²) in [5.74, 6) is 0.930. The molecule has 0 saturated heterocycles. The van der Waals surface area contributed by atoms with Gasteiger partial charge in [-0.15, -0.1) is 0 Å². The highest BCUT2D eigenvalue weighted by molar-refractivity contribution is 5.46. The highest BCUT2D eigenvalue weighted by atomic mass is 14.9. The van der Waals surface area contributed by atoms with E-state index >= 15 is 0 Å². The first-order valence-corrected chi connectivity index (χ1v) is 5.76. The number of aromatic nitrogens is 2. The molecule has 0 fully saturated rings. The Hall–Kier alpha value is -2.41. The van der Waals surface area contributed by atoms with Crippen molar-refractivity contribution in [2.24, 2.45) is 0 Å². The molecular weight excluding hydrogens is 224 g/mol. The van der Waals surface area contributed by atoms with E-state index in [1.807, 2.05) is 12.1 Å². The van der Waals surface area contributed by atoms with Crippen LogP contribution in [0.2, 0.25) is 0 Å². The number of nitrogen functional groups attached to an aromatic ring is 1. The van der Waals surface area contributed by atoms with Crippen LogP contribution in [0.1, 0.15) is 22.5 Å². The maximum Gasteiger partial charge on any atom is 0.145 e. The molecule has 4 nitrogen and oxygen atoms in total. The van der Waals surface area contributed by atoms with Gasteiger partial charge in [0.25, 0.3) is 0 Å². The number of nitrogens with two attached hydrogens (primary N) is 1. The van der Waals surface area contributed by atoms with Crippen molar-refractivity contribution in [3.05, 3.63) is 53.0 Å². The second kappa shape index (κ2) is 5.28. The Morgan fingerprint density at radius 2 is 2.17 bits per heavy atom. The number of nitriles is 1. The van der Waals surface area contributed by atoms with Gasteiger partial charge < -0.3 is 5.73 Å². The minimum Gasteiger partial charge on any atom is -0.382 e. The second-order valence-corrected chi connectivity index (χ2v) is 4.19. The van der Waals surface area contributed by atoms with E-state index in [9.17, 15) is 0 Å². The van der Waals surface area contributed by atoms with Gasteiger partial charge in [-0.05, 0) is 18.9 Å². The van der Waals surface area contributed by atoms with Crippen molar-refractivity contribution < 1.29 is 0 Å². The van der Waals surface area contributed by atoms with Crippen LogP contribution in [0, 0.1) is 18.3 Å². The third-order valence-corrected chi connectivity index (χ3v) is 2.71. The fourth-order valence-corrected chi connectivity index (χ4v) is 1.76. The van der Waals surface area contributed by atoms with E-state index < -0.39 is 0 Å². The van der Waals surface area contributed by atoms with E-state index in [0.29, 0.717) is 11.4 Å². The molecule has 0 bridgehead atoms. The zero-order valence-electron chi connectivity index (χ0n) is 10.2. The summed E-state index contributed by atoms with van der Waals surface area (Å²) in [6.45, 7) is 2.07. The maximum atomic E-state index is 8.74. The van der Waals surface area contributed by atoms with Crippen molar-refractivity contribution in [2.75, 3.05) is 5.73 Å². The van der Waals surface area contributed by atoms with E-state index in [1.165, 1.54) is 17.3 Å². The highest BCUT2D eigenvalue weighted by Crippen LogP contribution is 2.09. The molecule has 2 aromatic rings. The van der Waals surface area contributed by atoms with Crippen molar-refractivity contribution >= 4 is 5.82 Å². The molecule has 2 N–H and O–H groups in total. The zero-order valence-corrected chi connectivity index (χ0v) is 10.2. The van der Waals surface area contributed by atoms with Crippen LogP contribution >= 0.6 is 0 Å². The molecule has 0 atom stereocenters. The lowest BCUT2D eigenvalue weighted by Gasteiger charge is -2.03. The topological polar surface area (TPSA) is 75.6 Å². The third kappa shape index (κ3) is 2.83. The number of rotatable bonds is 3. The van der Waals surface area contributed by atoms with Crippen molar-refractivity contribution in [1.29, 1.82) is 5.26 Å². The molecule has 0 aliphatic rings. The predicted octanol–water partition coefficient (Wildman–Crippen LogP) is 2.02. The van der Waals surface area contributed by atoms with E-state index in [4.69, 9.17) is 11.0 Å². The Balaban J connectivity index is 2.07. The lowest BCUT2D eigenvalue weighted by atomic mass is 10.1. The van der Waals surface area contributed by atoms with Gasteiger partial charge in [0.2, 0.25) is 0 Å². The standard InChI is InChI=1S/C14H14N4/c1-10-3-2-4-11(7-10)5-6-13-17-9-12(8-15)14(16)18-13/h2-4,7,9H,5-6H2,1H3,(H2,16,17,18). The monoisotopic (exact) mass is 238 g/mol. The minimum absolute atomic E-state index is 0.256. The maximum absolute atomic E-state index is 8.74. The van der Waals surface area contributed by atoms with Crippen molar-refractivity contribution in [1.82, 2.24) is 9.97 Å². The summed E-state index contributed by atoms with van der Waals surface area (Å²) < 4.78 is 0. The molecule has 0 spiro atoms. The van der Waals surface area contributed by atoms with Gasteiger partial charge in [-0.25, -0.2) is 9.97 Å². The molecule has 90 valence electrons. The normalized spacial score (nSPS) is 10.0. The van der Waals surface area contributed by atoms with Crippen LogP contribution in [0.5, 0.6) is 0 Å². The Kier molecular flexibility index (Phi) is 3.54. The SMILES string of the molecule is Cc1cccc(CCc2ncc(C#N)c(N)n2)c1. The van der Waals surface area contributed by atoms with E-state index in [-0.39, 0.29) is 5.82 Å². The molecule has 2 rings (SSSR count). The number of anilines is 1. The molecule has 0 aliphatic carbocycles. The first-order valence-electron chi connectivity index (χ1n) is 5.76. The van der Waals surface area contributed by atoms with Gasteiger partial charge in [-0.1, -0.05) is 29.8 Å². The number of benzene rings is 1. The van der Waals surface area contributed by atoms with Crippen molar-refractivity contribution in [2.45, 2.75) is 19.8 Å². The molecule has 1 aromatic carbocycles. The first kappa shape index (κ1) is 12.1. The molecule has 1 heterocycles. The number of hydrogen-bond donors (Lipinski definition) is 1. The predicted molar refractivity (Wildman–Crippen MR) is 69.7 cm³/mol. The van der Waals surface area contributed by atoms with Crippen LogP contribution in [0.4, 0.5) is 5.82 Å². The average molecular weight is 238 g/mol. The summed E-state index contributed by atoms with van der Waals surface area (Å²) in [4.78, 5) is 8.26. The summed E-state index contributed by atoms with van der Waals surface area (Å²) in [6, 6.07) is 10.3. The molecule has 0 unspecified atom stereocenters. The van der Waals surface area contributed by atoms with Crippen molar-refractivity contribution in [3.8, 4) is 6.07 Å². The molecular formula is C14H14N4. The summed E-state index contributed by atoms with van der Waals surface area (Å²) in [5.41, 5.74) is 8.47. The van der Waals surface area contributed by atoms with E-state index in [2.05, 4.69) is 35.1 Å². The molecule has 0 radical (unpaired) electrons. The molecule has 0 aliphatic heterocycles. The lowest BCUT2D eigenvalue weighted by molar-refractivity contribution is 0.858. The lowest BCUT2D eigenvalue weighted by Crippen LogP contribution is -2.03. The summed E-state index contributed by atoms with van der Waals surface area (Å²) in [6.07, 6.45) is 3.07. The molecule has 0 saturated carbocycles. The number of nitrogens with zero attached hydrogens (tertiary/aromatic N) is 3. The molecule has 18 heavy (non-hydrogen) atoms. The van der Waals surface area contributed by atoms with Gasteiger partial charge in [-0.2, -0.15) is 5.26 Å². The first-order chi connectivity index (χ1) is 8.69. The smallest absolute Gasteiger partial charge is 0.145 e. The highest BCUT2D eigenvalue weighted by Gasteiger charge is 2.04. The molecule has 1 aromatic heterocycles. The third-order valence-electron chi connectivity index (χ3n) is 2.71. The van der Waals surface area contributed by atoms with Gasteiger partial charge in [0.05, 0.1) is 6.20 Å². The fraction of sp³-hybridized carbons (Fsp3) is 0.214. The summed E-state index contributed by atoms with van der Waals surface area (Å²) >= 11 is 0. The van der Waals surface area contributed by atoms with E-state index in [1.54, 1.807) is 0 Å². The van der Waals surface area contributed by atoms with Gasteiger partial charge in [0.15, 0.2) is 0 Å². The number of aryl methyl sites for hydroxylation is 3. The summed E-state index contributed by atoms with van der Waals surface area (Å²) in [5, 5.41) is 8.74. The van der Waals surface area contributed by atoms with Gasteiger partial charge >= 0.3 is 0 Å². The van der Waals surface area contributed by atoms with Crippen LogP contribution in [0.3, 0.4) is 0 Å². The van der Waals surface area contributed by atoms with Gasteiger partial charge in [0.1, 0.15) is 23.3 Å². The quantitative estimate of drug-likeness (QED) is 0.887. The molecule has 0 amide bonds. The van der Waals surface area contributed by atoms with Crippen LogP contribution in [-0.2, 0) is 12.8 Å². The van der Waals surface area contributed by atoms with E-state index in [0.717, 1.165) is 12.8 Å². The van der Waals surface area contributed by atoms with Crippen molar-refractivity contribution in [3.63, 3.8) is 0 Å². The largest absolute Gasteiger partial charge is 0.382 e. The minimum atomic E-state index is 0.256. The van der Waals surface area contributed by atoms with Crippen LogP contribution in [0.25, 0.3) is 0 Å². The fourth-order valence-electron chi connectivity index (χ4n) is 1.76. The average Bonchev–Trinajstić information content (AvgIpc) is 2.37. The molecule has 4 heteroatoms. The van der Waals surface area contributed by atoms with Gasteiger partial charge in [0, 0.05) is 6.42 Å². The Morgan fingerprint density at radius 1 is 1.33 bits per heavy atom. The Bertz CT molecular complexity index is 599. The van der Waals surface area contributed by atoms with Gasteiger partial charge in [-0.3, -0.25) is 0 Å². The number of hydrogen-bond acceptors (Lipinski definition) is 4. The zero-order chi connectivity index (χ0) is 13.0. The van der Waals surface area contributed by atoms with Crippen LogP contribution < -0.4 is 5.73 Å².